The third-order valence-electron chi connectivity index (χ3n) is 1.91. The first kappa shape index (κ1) is 17.0. The van der Waals surface area contributed by atoms with Gasteiger partial charge < -0.3 is 14.9 Å². The van der Waals surface area contributed by atoms with Crippen LogP contribution in [0.3, 0.4) is 0 Å². The van der Waals surface area contributed by atoms with E-state index in [-0.39, 0.29) is 6.20 Å². The summed E-state index contributed by atoms with van der Waals surface area (Å²) in [6.45, 7) is 0. The van der Waals surface area contributed by atoms with Crippen LogP contribution in [0.25, 0.3) is 0 Å². The van der Waals surface area contributed by atoms with Crippen LogP contribution in [-0.2, 0) is 10.0 Å². The predicted molar refractivity (Wildman–Crippen MR) is 53.9 cm³/mol. The highest BCUT2D eigenvalue weighted by Crippen LogP contribution is 2.39. The third-order valence-corrected chi connectivity index (χ3v) is 2.90. The van der Waals surface area contributed by atoms with Crippen molar-refractivity contribution < 1.29 is 40.0 Å². The van der Waals surface area contributed by atoms with Gasteiger partial charge in [0.1, 0.15) is 10.5 Å². The number of aromatic nitrogens is 1. The van der Waals surface area contributed by atoms with Crippen LogP contribution in [-0.4, -0.2) is 24.7 Å². The first-order chi connectivity index (χ1) is 9.34. The molecule has 1 aromatic rings. The summed E-state index contributed by atoms with van der Waals surface area (Å²) in [6.07, 6.45) is -9.31. The topological polar surface area (TPSA) is 125 Å². The van der Waals surface area contributed by atoms with Crippen molar-refractivity contribution in [3.63, 3.8) is 0 Å². The maximum absolute atomic E-state index is 12.8. The second-order valence-electron chi connectivity index (χ2n) is 3.34. The van der Waals surface area contributed by atoms with Gasteiger partial charge in [-0.3, -0.25) is 0 Å². The molecule has 0 atom stereocenters. The Balaban J connectivity index is 3.78. The molecule has 0 spiro atoms. The molecule has 0 aliphatic carbocycles. The molecule has 8 nitrogen and oxygen atoms in total. The number of ether oxygens (including phenoxy) is 1. The summed E-state index contributed by atoms with van der Waals surface area (Å²) in [7, 11) is -5.19. The third kappa shape index (κ3) is 3.94. The molecular formula is C7H4F5N3O5S. The van der Waals surface area contributed by atoms with Crippen LogP contribution in [0, 0.1) is 10.1 Å². The Morgan fingerprint density at radius 2 is 1.90 bits per heavy atom. The van der Waals surface area contributed by atoms with Crippen molar-refractivity contribution >= 4 is 15.8 Å². The van der Waals surface area contributed by atoms with Gasteiger partial charge in [0, 0.05) is 0 Å². The normalized spacial score (nSPS) is 12.5. The van der Waals surface area contributed by atoms with E-state index in [0.717, 1.165) is 0 Å². The van der Waals surface area contributed by atoms with Crippen LogP contribution in [0.4, 0.5) is 27.8 Å². The molecule has 118 valence electrons. The molecule has 0 aliphatic heterocycles. The first-order valence-corrected chi connectivity index (χ1v) is 6.13. The molecule has 0 aromatic carbocycles. The Morgan fingerprint density at radius 3 is 2.24 bits per heavy atom. The standard InChI is InChI=1S/C7H4F5N3O5S/c8-5(9)3-4(21(13,18)19)2(20-7(10,11)12)1-14-6(3)15(16)17/h1,5H,(H2,13,18,19). The summed E-state index contributed by atoms with van der Waals surface area (Å²) < 4.78 is 87.4. The van der Waals surface area contributed by atoms with Crippen LogP contribution < -0.4 is 9.88 Å². The van der Waals surface area contributed by atoms with E-state index in [4.69, 9.17) is 0 Å². The number of rotatable bonds is 4. The molecule has 1 heterocycles. The molecule has 0 fully saturated rings. The van der Waals surface area contributed by atoms with E-state index >= 15 is 0 Å². The van der Waals surface area contributed by atoms with Crippen molar-refractivity contribution in [1.29, 1.82) is 0 Å². The average Bonchev–Trinajstić information content (AvgIpc) is 2.23. The Kier molecular flexibility index (Phi) is 4.33. The van der Waals surface area contributed by atoms with Crippen molar-refractivity contribution in [2.75, 3.05) is 0 Å². The number of hydrogen-bond acceptors (Lipinski definition) is 6. The van der Waals surface area contributed by atoms with Gasteiger partial charge in [0.05, 0.1) is 0 Å². The van der Waals surface area contributed by atoms with Gasteiger partial charge in [0.2, 0.25) is 10.0 Å². The molecule has 0 unspecified atom stereocenters. The smallest absolute Gasteiger partial charge is 0.400 e. The molecule has 0 amide bonds. The lowest BCUT2D eigenvalue weighted by atomic mass is 10.2. The summed E-state index contributed by atoms with van der Waals surface area (Å²) in [4.78, 5) is 9.90. The van der Waals surface area contributed by atoms with E-state index in [9.17, 15) is 40.5 Å². The molecule has 1 aromatic heterocycles. The molecule has 21 heavy (non-hydrogen) atoms. The number of nitrogens with zero attached hydrogens (tertiary/aromatic N) is 2. The highest BCUT2D eigenvalue weighted by Gasteiger charge is 2.40. The van der Waals surface area contributed by atoms with Gasteiger partial charge in [-0.1, -0.05) is 0 Å². The van der Waals surface area contributed by atoms with Gasteiger partial charge in [-0.2, -0.15) is 0 Å². The highest BCUT2D eigenvalue weighted by atomic mass is 32.2. The van der Waals surface area contributed by atoms with Crippen molar-refractivity contribution in [2.45, 2.75) is 17.7 Å². The SMILES string of the molecule is NS(=O)(=O)c1c(OC(F)(F)F)cnc([N+](=O)[O-])c1C(F)F. The number of primary sulfonamides is 1. The summed E-state index contributed by atoms with van der Waals surface area (Å²) in [6, 6.07) is 0. The van der Waals surface area contributed by atoms with Crippen LogP contribution in [0.2, 0.25) is 0 Å². The number of nitrogens with two attached hydrogens (primary N) is 1. The van der Waals surface area contributed by atoms with Gasteiger partial charge in [0.15, 0.2) is 11.9 Å². The largest absolute Gasteiger partial charge is 0.573 e. The number of nitro groups is 1. The van der Waals surface area contributed by atoms with E-state index in [1.165, 1.54) is 0 Å². The fourth-order valence-corrected chi connectivity index (χ4v) is 2.18. The first-order valence-electron chi connectivity index (χ1n) is 4.58. The quantitative estimate of drug-likeness (QED) is 0.504. The molecule has 2 N–H and O–H groups in total. The molecule has 0 aliphatic rings. The Bertz CT molecular complexity index is 674. The maximum Gasteiger partial charge on any atom is 0.573 e. The van der Waals surface area contributed by atoms with Crippen LogP contribution in [0.1, 0.15) is 12.0 Å². The van der Waals surface area contributed by atoms with Crippen molar-refractivity contribution in [3.8, 4) is 5.75 Å². The van der Waals surface area contributed by atoms with Crippen molar-refractivity contribution in [3.05, 3.63) is 21.9 Å². The van der Waals surface area contributed by atoms with Gasteiger partial charge in [-0.05, 0) is 9.91 Å². The van der Waals surface area contributed by atoms with Crippen molar-refractivity contribution in [2.24, 2.45) is 5.14 Å². The monoisotopic (exact) mass is 337 g/mol. The van der Waals surface area contributed by atoms with Crippen LogP contribution >= 0.6 is 0 Å². The lowest BCUT2D eigenvalue weighted by Crippen LogP contribution is -2.23. The molecular weight excluding hydrogens is 333 g/mol. The van der Waals surface area contributed by atoms with Crippen LogP contribution in [0.5, 0.6) is 5.75 Å². The number of halogens is 5. The van der Waals surface area contributed by atoms with Crippen molar-refractivity contribution in [1.82, 2.24) is 4.98 Å². The molecule has 0 radical (unpaired) electrons. The van der Waals surface area contributed by atoms with E-state index in [1.807, 2.05) is 0 Å². The summed E-state index contributed by atoms with van der Waals surface area (Å²) in [5.74, 6) is -3.34. The average molecular weight is 337 g/mol. The van der Waals surface area contributed by atoms with E-state index < -0.39 is 49.8 Å². The summed E-state index contributed by atoms with van der Waals surface area (Å²) in [5.41, 5.74) is -1.88. The number of alkyl halides is 5. The second kappa shape index (κ2) is 5.36. The summed E-state index contributed by atoms with van der Waals surface area (Å²) >= 11 is 0. The molecule has 0 bridgehead atoms. The van der Waals surface area contributed by atoms with Gasteiger partial charge in [-0.15, -0.1) is 13.2 Å². The lowest BCUT2D eigenvalue weighted by Gasteiger charge is -2.13. The molecule has 0 saturated carbocycles. The molecule has 0 saturated heterocycles. The van der Waals surface area contributed by atoms with Gasteiger partial charge in [-0.25, -0.2) is 22.3 Å². The van der Waals surface area contributed by atoms with E-state index in [2.05, 4.69) is 14.9 Å². The van der Waals surface area contributed by atoms with E-state index in [1.54, 1.807) is 0 Å². The Hall–Kier alpha value is -2.09. The maximum atomic E-state index is 12.8. The predicted octanol–water partition coefficient (Wildman–Crippen LogP) is 1.47. The van der Waals surface area contributed by atoms with E-state index in [0.29, 0.717) is 0 Å². The minimum atomic E-state index is -5.45. The number of pyridine rings is 1. The minimum Gasteiger partial charge on any atom is -0.400 e. The number of hydrogen-bond donors (Lipinski definition) is 1. The second-order valence-corrected chi connectivity index (χ2v) is 4.84. The van der Waals surface area contributed by atoms with Gasteiger partial charge >= 0.3 is 12.2 Å². The zero-order chi connectivity index (χ0) is 16.6. The van der Waals surface area contributed by atoms with Gasteiger partial charge in [0.25, 0.3) is 6.43 Å². The summed E-state index contributed by atoms with van der Waals surface area (Å²) in [5, 5.41) is 15.0. The Labute approximate surface area is 112 Å². The zero-order valence-corrected chi connectivity index (χ0v) is 10.3. The number of sulfonamides is 1. The van der Waals surface area contributed by atoms with Crippen LogP contribution in [0.15, 0.2) is 11.1 Å². The Morgan fingerprint density at radius 1 is 1.38 bits per heavy atom. The lowest BCUT2D eigenvalue weighted by molar-refractivity contribution is -0.391. The fraction of sp³-hybridized carbons (Fsp3) is 0.286. The highest BCUT2D eigenvalue weighted by molar-refractivity contribution is 7.89. The fourth-order valence-electron chi connectivity index (χ4n) is 1.32. The zero-order valence-electron chi connectivity index (χ0n) is 9.47. The molecule has 1 rings (SSSR count). The molecule has 14 heteroatoms. The minimum absolute atomic E-state index is 0.0305.